The quantitative estimate of drug-likeness (QED) is 0.758. The predicted molar refractivity (Wildman–Crippen MR) is 69.0 cm³/mol. The highest BCUT2D eigenvalue weighted by Crippen LogP contribution is 2.12. The lowest BCUT2D eigenvalue weighted by Gasteiger charge is -2.07. The molecule has 18 heavy (non-hydrogen) atoms. The van der Waals surface area contributed by atoms with Gasteiger partial charge in [0.25, 0.3) is 0 Å². The second kappa shape index (κ2) is 5.49. The van der Waals surface area contributed by atoms with Gasteiger partial charge in [0.15, 0.2) is 0 Å². The zero-order valence-corrected chi connectivity index (χ0v) is 10.6. The Morgan fingerprint density at radius 1 is 1.33 bits per heavy atom. The van der Waals surface area contributed by atoms with Gasteiger partial charge in [0, 0.05) is 11.3 Å². The third kappa shape index (κ3) is 2.97. The van der Waals surface area contributed by atoms with E-state index < -0.39 is 0 Å². The minimum absolute atomic E-state index is 0.532. The zero-order valence-electron chi connectivity index (χ0n) is 10.6. The maximum absolute atomic E-state index is 10.6. The number of aromatic nitrogens is 2. The number of rotatable bonds is 5. The Hall–Kier alpha value is -2.10. The van der Waals surface area contributed by atoms with Gasteiger partial charge >= 0.3 is 0 Å². The minimum atomic E-state index is 0.532. The van der Waals surface area contributed by atoms with Gasteiger partial charge in [-0.1, -0.05) is 12.1 Å². The molecule has 1 aromatic heterocycles. The summed E-state index contributed by atoms with van der Waals surface area (Å²) in [5.41, 5.74) is 2.76. The smallest absolute Gasteiger partial charge is 0.150 e. The number of ether oxygens (including phenoxy) is 1. The van der Waals surface area contributed by atoms with Crippen LogP contribution in [0.15, 0.2) is 30.3 Å². The molecule has 0 spiro atoms. The van der Waals surface area contributed by atoms with Crippen molar-refractivity contribution >= 4 is 6.29 Å². The third-order valence-electron chi connectivity index (χ3n) is 2.67. The number of benzene rings is 1. The van der Waals surface area contributed by atoms with E-state index in [2.05, 4.69) is 5.10 Å². The van der Waals surface area contributed by atoms with Gasteiger partial charge in [-0.3, -0.25) is 9.48 Å². The van der Waals surface area contributed by atoms with E-state index in [4.69, 9.17) is 4.74 Å². The number of aldehydes is 1. The molecular formula is C14H16N2O2. The normalized spacial score (nSPS) is 10.3. The molecule has 0 fully saturated rings. The van der Waals surface area contributed by atoms with Gasteiger partial charge in [0.1, 0.15) is 18.6 Å². The Balaban J connectivity index is 1.92. The molecule has 0 aliphatic carbocycles. The Labute approximate surface area is 106 Å². The molecule has 0 amide bonds. The van der Waals surface area contributed by atoms with Crippen LogP contribution in [-0.2, 0) is 6.54 Å². The highest BCUT2D eigenvalue weighted by Gasteiger charge is 2.01. The molecule has 0 atom stereocenters. The lowest BCUT2D eigenvalue weighted by Crippen LogP contribution is -2.10. The molecule has 94 valence electrons. The topological polar surface area (TPSA) is 44.1 Å². The van der Waals surface area contributed by atoms with Crippen molar-refractivity contribution in [1.29, 1.82) is 0 Å². The number of nitrogens with zero attached hydrogens (tertiary/aromatic N) is 2. The second-order valence-electron chi connectivity index (χ2n) is 4.19. The van der Waals surface area contributed by atoms with E-state index >= 15 is 0 Å². The standard InChI is InChI=1S/C14H16N2O2/c1-11-8-12(2)16(15-11)6-7-18-14-5-3-4-13(9-14)10-17/h3-5,8-10H,6-7H2,1-2H3. The molecule has 1 aromatic carbocycles. The summed E-state index contributed by atoms with van der Waals surface area (Å²) in [6.45, 7) is 5.22. The maximum atomic E-state index is 10.6. The van der Waals surface area contributed by atoms with Gasteiger partial charge < -0.3 is 4.74 Å². The number of hydrogen-bond acceptors (Lipinski definition) is 3. The SMILES string of the molecule is Cc1cc(C)n(CCOc2cccc(C=O)c2)n1. The zero-order chi connectivity index (χ0) is 13.0. The number of carbonyl (C=O) groups is 1. The molecule has 2 aromatic rings. The summed E-state index contributed by atoms with van der Waals surface area (Å²) in [7, 11) is 0. The van der Waals surface area contributed by atoms with Crippen LogP contribution in [0.2, 0.25) is 0 Å². The van der Waals surface area contributed by atoms with E-state index in [1.165, 1.54) is 0 Å². The van der Waals surface area contributed by atoms with Crippen molar-refractivity contribution in [2.75, 3.05) is 6.61 Å². The van der Waals surface area contributed by atoms with E-state index in [1.54, 1.807) is 12.1 Å². The lowest BCUT2D eigenvalue weighted by atomic mass is 10.2. The largest absolute Gasteiger partial charge is 0.492 e. The minimum Gasteiger partial charge on any atom is -0.492 e. The first kappa shape index (κ1) is 12.4. The van der Waals surface area contributed by atoms with E-state index in [1.807, 2.05) is 36.7 Å². The van der Waals surface area contributed by atoms with Crippen molar-refractivity contribution in [3.63, 3.8) is 0 Å². The van der Waals surface area contributed by atoms with Crippen LogP contribution in [0.25, 0.3) is 0 Å². The Morgan fingerprint density at radius 3 is 2.83 bits per heavy atom. The highest BCUT2D eigenvalue weighted by atomic mass is 16.5. The summed E-state index contributed by atoms with van der Waals surface area (Å²) in [5.74, 6) is 0.709. The Kier molecular flexibility index (Phi) is 3.77. The van der Waals surface area contributed by atoms with Crippen LogP contribution in [0, 0.1) is 13.8 Å². The first-order valence-electron chi connectivity index (χ1n) is 5.88. The summed E-state index contributed by atoms with van der Waals surface area (Å²) in [5, 5.41) is 4.36. The third-order valence-corrected chi connectivity index (χ3v) is 2.67. The monoisotopic (exact) mass is 244 g/mol. The van der Waals surface area contributed by atoms with Crippen LogP contribution in [0.5, 0.6) is 5.75 Å². The molecule has 4 nitrogen and oxygen atoms in total. The van der Waals surface area contributed by atoms with Crippen LogP contribution in [0.3, 0.4) is 0 Å². The maximum Gasteiger partial charge on any atom is 0.150 e. The molecule has 1 heterocycles. The Morgan fingerprint density at radius 2 is 2.17 bits per heavy atom. The average Bonchev–Trinajstić information content (AvgIpc) is 2.68. The Bertz CT molecular complexity index is 546. The number of hydrogen-bond donors (Lipinski definition) is 0. The summed E-state index contributed by atoms with van der Waals surface area (Å²) >= 11 is 0. The number of aryl methyl sites for hydroxylation is 2. The van der Waals surface area contributed by atoms with Crippen molar-refractivity contribution in [1.82, 2.24) is 9.78 Å². The van der Waals surface area contributed by atoms with Crippen LogP contribution >= 0.6 is 0 Å². The molecule has 2 rings (SSSR count). The van der Waals surface area contributed by atoms with Crippen molar-refractivity contribution in [3.05, 3.63) is 47.3 Å². The molecule has 0 N–H and O–H groups in total. The fourth-order valence-corrected chi connectivity index (χ4v) is 1.83. The fraction of sp³-hybridized carbons (Fsp3) is 0.286. The molecule has 0 saturated heterocycles. The van der Waals surface area contributed by atoms with Gasteiger partial charge in [0.2, 0.25) is 0 Å². The highest BCUT2D eigenvalue weighted by molar-refractivity contribution is 5.75. The molecule has 0 saturated carbocycles. The molecule has 4 heteroatoms. The van der Waals surface area contributed by atoms with Crippen LogP contribution in [-0.4, -0.2) is 22.7 Å². The van der Waals surface area contributed by atoms with E-state index in [9.17, 15) is 4.79 Å². The van der Waals surface area contributed by atoms with Crippen LogP contribution in [0.1, 0.15) is 21.7 Å². The lowest BCUT2D eigenvalue weighted by molar-refractivity contribution is 0.112. The molecule has 0 bridgehead atoms. The first-order valence-corrected chi connectivity index (χ1v) is 5.88. The first-order chi connectivity index (χ1) is 8.69. The fourth-order valence-electron chi connectivity index (χ4n) is 1.83. The van der Waals surface area contributed by atoms with Gasteiger partial charge in [0.05, 0.1) is 12.2 Å². The summed E-state index contributed by atoms with van der Waals surface area (Å²) in [6.07, 6.45) is 0.813. The molecule has 0 unspecified atom stereocenters. The van der Waals surface area contributed by atoms with Gasteiger partial charge in [-0.2, -0.15) is 5.10 Å². The summed E-state index contributed by atoms with van der Waals surface area (Å²) < 4.78 is 7.51. The molecule has 0 aliphatic rings. The van der Waals surface area contributed by atoms with Crippen molar-refractivity contribution in [2.24, 2.45) is 0 Å². The van der Waals surface area contributed by atoms with Gasteiger partial charge in [-0.25, -0.2) is 0 Å². The van der Waals surface area contributed by atoms with E-state index in [0.29, 0.717) is 24.5 Å². The molecular weight excluding hydrogens is 228 g/mol. The molecule has 0 radical (unpaired) electrons. The van der Waals surface area contributed by atoms with E-state index in [-0.39, 0.29) is 0 Å². The van der Waals surface area contributed by atoms with Crippen molar-refractivity contribution in [2.45, 2.75) is 20.4 Å². The summed E-state index contributed by atoms with van der Waals surface area (Å²) in [4.78, 5) is 10.6. The van der Waals surface area contributed by atoms with Crippen LogP contribution < -0.4 is 4.74 Å². The second-order valence-corrected chi connectivity index (χ2v) is 4.19. The van der Waals surface area contributed by atoms with Crippen molar-refractivity contribution < 1.29 is 9.53 Å². The predicted octanol–water partition coefficient (Wildman–Crippen LogP) is 2.39. The van der Waals surface area contributed by atoms with Gasteiger partial charge in [-0.05, 0) is 32.0 Å². The number of carbonyl (C=O) groups excluding carboxylic acids is 1. The summed E-state index contributed by atoms with van der Waals surface area (Å²) in [6, 6.07) is 9.17. The van der Waals surface area contributed by atoms with Gasteiger partial charge in [-0.15, -0.1) is 0 Å². The molecule has 0 aliphatic heterocycles. The average molecular weight is 244 g/mol. The van der Waals surface area contributed by atoms with E-state index in [0.717, 1.165) is 17.7 Å². The van der Waals surface area contributed by atoms with Crippen molar-refractivity contribution in [3.8, 4) is 5.75 Å². The van der Waals surface area contributed by atoms with Crippen LogP contribution in [0.4, 0.5) is 0 Å².